The van der Waals surface area contributed by atoms with E-state index in [2.05, 4.69) is 38.7 Å². The Kier molecular flexibility index (Phi) is 29.3. The number of nitrogens with two attached hydrogens (primary N) is 3. The summed E-state index contributed by atoms with van der Waals surface area (Å²) in [7, 11) is 3.23. The van der Waals surface area contributed by atoms with Crippen LogP contribution in [0, 0.1) is 28.6 Å². The quantitative estimate of drug-likeness (QED) is 0.165. The zero-order valence-corrected chi connectivity index (χ0v) is 41.6. The molecule has 0 saturated carbocycles. The minimum atomic E-state index is -0.450. The molecule has 2 atom stereocenters. The third-order valence-electron chi connectivity index (χ3n) is 8.18. The number of aliphatic imine (C=N–C) groups is 4. The molecule has 2 unspecified atom stereocenters. The van der Waals surface area contributed by atoms with Crippen LogP contribution in [0.3, 0.4) is 0 Å². The van der Waals surface area contributed by atoms with Gasteiger partial charge in [-0.25, -0.2) is 4.98 Å². The van der Waals surface area contributed by atoms with E-state index in [9.17, 15) is 19.2 Å². The van der Waals surface area contributed by atoms with E-state index in [0.717, 1.165) is 33.6 Å². The molecule has 0 amide bonds. The van der Waals surface area contributed by atoms with Crippen molar-refractivity contribution < 1.29 is 19.2 Å². The maximum Gasteiger partial charge on any atom is 0.200 e. The molecule has 4 heterocycles. The standard InChI is InChI=1S/C11H18N2OS.C10H17N3OS.2C10H15N3OS.4CH4/c1-5-7(9(14)11(2,3)4)8-6-15-10(12)13-8;1-10(2,3)8(14)7(12-4)6-5-15-9(11)13-6;1-6-12-9(13-15-6)7(11-5)8(14)10(2,3)4;1-5-6(7(14)10(2,3)4)8-12-9(11)15-13-8;;;;/h5,8H,6H2,1-4H3,(H2,12,13);6H,5H2,1-4H3,(H2,11,13);1-5H3;5H,1-4H3,(H2,11,12,13);4*1H4/b7-5-;;;6-5+;;;;. The van der Waals surface area contributed by atoms with Gasteiger partial charge in [0.2, 0.25) is 0 Å². The lowest BCUT2D eigenvalue weighted by atomic mass is 9.84. The van der Waals surface area contributed by atoms with Crippen LogP contribution in [0.1, 0.15) is 143 Å². The van der Waals surface area contributed by atoms with Crippen molar-refractivity contribution in [1.29, 1.82) is 0 Å². The van der Waals surface area contributed by atoms with Gasteiger partial charge >= 0.3 is 0 Å². The van der Waals surface area contributed by atoms with Crippen molar-refractivity contribution in [2.24, 2.45) is 53.1 Å². The number of anilines is 1. The van der Waals surface area contributed by atoms with E-state index >= 15 is 0 Å². The first-order chi connectivity index (χ1) is 27.4. The van der Waals surface area contributed by atoms with Gasteiger partial charge in [-0.1, -0.05) is 148 Å². The monoisotopic (exact) mass is 968 g/mol. The average Bonchev–Trinajstić information content (AvgIpc) is 3.95. The molecule has 0 fully saturated rings. The number of nitrogens with zero attached hydrogens (tertiary/aromatic N) is 8. The fraction of sp³-hybridized carbons (Fsp3) is 0.644. The lowest BCUT2D eigenvalue weighted by Crippen LogP contribution is -2.36. The summed E-state index contributed by atoms with van der Waals surface area (Å²) in [6.45, 7) is 28.2. The van der Waals surface area contributed by atoms with E-state index in [0.29, 0.717) is 44.1 Å². The van der Waals surface area contributed by atoms with Gasteiger partial charge in [0.15, 0.2) is 50.2 Å². The van der Waals surface area contributed by atoms with E-state index in [1.165, 1.54) is 35.1 Å². The zero-order chi connectivity index (χ0) is 46.6. The number of allylic oxidation sites excluding steroid dienone is 3. The van der Waals surface area contributed by atoms with E-state index in [1.807, 2.05) is 103 Å². The number of thioether (sulfide) groups is 2. The Labute approximate surface area is 402 Å². The predicted molar refractivity (Wildman–Crippen MR) is 283 cm³/mol. The second-order valence-corrected chi connectivity index (χ2v) is 21.4. The number of hydrogen-bond donors (Lipinski definition) is 3. The van der Waals surface area contributed by atoms with Crippen molar-refractivity contribution in [1.82, 2.24) is 18.7 Å². The van der Waals surface area contributed by atoms with Crippen LogP contribution in [0.25, 0.3) is 5.57 Å². The molecular formula is C45H81N11O4S4. The van der Waals surface area contributed by atoms with Gasteiger partial charge < -0.3 is 17.2 Å². The zero-order valence-electron chi connectivity index (χ0n) is 38.3. The van der Waals surface area contributed by atoms with Crippen molar-refractivity contribution >= 4 is 102 Å². The van der Waals surface area contributed by atoms with E-state index in [-0.39, 0.29) is 70.3 Å². The molecule has 2 aromatic rings. The molecule has 2 aliphatic heterocycles. The van der Waals surface area contributed by atoms with E-state index < -0.39 is 16.2 Å². The molecule has 6 N–H and O–H groups in total. The highest BCUT2D eigenvalue weighted by molar-refractivity contribution is 8.14. The third kappa shape index (κ3) is 20.5. The Morgan fingerprint density at radius 2 is 1.03 bits per heavy atom. The van der Waals surface area contributed by atoms with E-state index in [4.69, 9.17) is 17.2 Å². The van der Waals surface area contributed by atoms with Gasteiger partial charge in [-0.15, -0.1) is 0 Å². The van der Waals surface area contributed by atoms with Gasteiger partial charge in [0, 0.05) is 64.4 Å². The number of Topliss-reactive ketones (excluding diaryl/α,β-unsaturated/α-hetero) is 4. The highest BCUT2D eigenvalue weighted by Gasteiger charge is 2.34. The molecule has 2 aromatic heterocycles. The van der Waals surface area contributed by atoms with Crippen molar-refractivity contribution in [2.75, 3.05) is 31.3 Å². The van der Waals surface area contributed by atoms with Crippen molar-refractivity contribution in [3.63, 3.8) is 0 Å². The number of carbonyl (C=O) groups excluding carboxylic acids is 4. The first-order valence-corrected chi connectivity index (χ1v) is 22.7. The molecule has 0 spiro atoms. The van der Waals surface area contributed by atoms with E-state index in [1.54, 1.807) is 27.1 Å². The molecule has 364 valence electrons. The van der Waals surface area contributed by atoms with Gasteiger partial charge in [0.1, 0.15) is 22.5 Å². The maximum atomic E-state index is 12.1. The SMILES string of the molecule is C.C.C.C.C/C=C(\C(=O)C(C)(C)C)C1CSC(N)=N1.C/C=C(\C(=O)C(C)(C)C)c1nsc(N)n1.CN=C(C(=O)C(C)(C)C)C1CSC(N)=N1.CN=C(C(=O)C(C)(C)C)c1nsc(C)n1. The third-order valence-corrected chi connectivity index (χ3v) is 11.1. The minimum absolute atomic E-state index is 0. The number of ketones is 4. The Hall–Kier alpha value is -3.94. The topological polar surface area (TPSA) is 247 Å². The summed E-state index contributed by atoms with van der Waals surface area (Å²) in [5.74, 6) is 2.60. The average molecular weight is 968 g/mol. The van der Waals surface area contributed by atoms with Crippen LogP contribution in [0.15, 0.2) is 37.7 Å². The first-order valence-electron chi connectivity index (χ1n) is 19.2. The highest BCUT2D eigenvalue weighted by Crippen LogP contribution is 2.29. The Bertz CT molecular complexity index is 1890. The fourth-order valence-corrected chi connectivity index (χ4v) is 7.41. The number of nitrogen functional groups attached to an aromatic ring is 1. The van der Waals surface area contributed by atoms with Gasteiger partial charge in [0.25, 0.3) is 0 Å². The lowest BCUT2D eigenvalue weighted by molar-refractivity contribution is -0.123. The molecule has 0 radical (unpaired) electrons. The Morgan fingerprint density at radius 1 is 0.594 bits per heavy atom. The lowest BCUT2D eigenvalue weighted by Gasteiger charge is -2.20. The number of carbonyl (C=O) groups is 4. The second-order valence-electron chi connectivity index (χ2n) is 17.6. The van der Waals surface area contributed by atoms with Crippen molar-refractivity contribution in [3.05, 3.63) is 34.4 Å². The van der Waals surface area contributed by atoms with Gasteiger partial charge in [0.05, 0.1) is 11.6 Å². The summed E-state index contributed by atoms with van der Waals surface area (Å²) in [5.41, 5.74) is 17.3. The second kappa shape index (κ2) is 28.2. The van der Waals surface area contributed by atoms with Crippen molar-refractivity contribution in [2.45, 2.75) is 146 Å². The largest absolute Gasteiger partial charge is 0.379 e. The number of aromatic nitrogens is 4. The van der Waals surface area contributed by atoms with Crippen LogP contribution in [-0.4, -0.2) is 101 Å². The predicted octanol–water partition coefficient (Wildman–Crippen LogP) is 9.64. The molecule has 0 aliphatic carbocycles. The fourth-order valence-electron chi connectivity index (χ4n) is 4.94. The molecule has 0 aromatic carbocycles. The highest BCUT2D eigenvalue weighted by atomic mass is 32.2. The molecule has 4 rings (SSSR count). The number of aryl methyl sites for hydroxylation is 1. The number of rotatable bonds is 8. The minimum Gasteiger partial charge on any atom is -0.379 e. The summed E-state index contributed by atoms with van der Waals surface area (Å²) >= 11 is 5.37. The first kappa shape index (κ1) is 66.7. The molecule has 0 saturated heterocycles. The van der Waals surface area contributed by atoms with Gasteiger partial charge in [-0.05, 0) is 32.3 Å². The summed E-state index contributed by atoms with van der Waals surface area (Å²) in [6.07, 6.45) is 3.59. The molecule has 19 heteroatoms. The summed E-state index contributed by atoms with van der Waals surface area (Å²) in [6, 6.07) is -0.210. The van der Waals surface area contributed by atoms with Crippen LogP contribution in [0.4, 0.5) is 5.13 Å². The van der Waals surface area contributed by atoms with Crippen LogP contribution in [0.2, 0.25) is 0 Å². The molecular weight excluding hydrogens is 887 g/mol. The smallest absolute Gasteiger partial charge is 0.200 e. The van der Waals surface area contributed by atoms with Gasteiger partial charge in [-0.3, -0.25) is 39.1 Å². The Morgan fingerprint density at radius 3 is 1.33 bits per heavy atom. The summed E-state index contributed by atoms with van der Waals surface area (Å²) < 4.78 is 8.14. The van der Waals surface area contributed by atoms with Crippen LogP contribution in [-0.2, 0) is 19.2 Å². The molecule has 2 aliphatic rings. The number of amidine groups is 2. The van der Waals surface area contributed by atoms with Crippen LogP contribution < -0.4 is 17.2 Å². The number of hydrogen-bond acceptors (Lipinski definition) is 19. The molecule has 15 nitrogen and oxygen atoms in total. The molecule has 0 bridgehead atoms. The Balaban J connectivity index is -0.000000367. The van der Waals surface area contributed by atoms with Crippen LogP contribution in [0.5, 0.6) is 0 Å². The summed E-state index contributed by atoms with van der Waals surface area (Å²) in [4.78, 5) is 72.9. The van der Waals surface area contributed by atoms with Crippen molar-refractivity contribution in [3.8, 4) is 0 Å². The maximum absolute atomic E-state index is 12.1. The summed E-state index contributed by atoms with van der Waals surface area (Å²) in [5, 5.41) is 2.35. The van der Waals surface area contributed by atoms with Crippen LogP contribution >= 0.6 is 46.6 Å². The molecule has 64 heavy (non-hydrogen) atoms. The normalized spacial score (nSPS) is 16.8. The van der Waals surface area contributed by atoms with Gasteiger partial charge in [-0.2, -0.15) is 13.7 Å².